The van der Waals surface area contributed by atoms with Crippen LogP contribution in [0.25, 0.3) is 0 Å². The molecule has 7 heteroatoms. The first-order chi connectivity index (χ1) is 12.0. The summed E-state index contributed by atoms with van der Waals surface area (Å²) in [6.45, 7) is 17.0. The van der Waals surface area contributed by atoms with Crippen LogP contribution in [0.15, 0.2) is 0 Å². The number of amides is 1. The quantitative estimate of drug-likeness (QED) is 0.792. The van der Waals surface area contributed by atoms with Crippen LogP contribution >= 0.6 is 0 Å². The summed E-state index contributed by atoms with van der Waals surface area (Å²) >= 11 is 0. The van der Waals surface area contributed by atoms with E-state index >= 15 is 0 Å². The second-order valence-electron chi connectivity index (χ2n) is 6.71. The fourth-order valence-electron chi connectivity index (χ4n) is 0.203. The molecule has 0 aromatic rings. The predicted molar refractivity (Wildman–Crippen MR) is 110 cm³/mol. The Morgan fingerprint density at radius 1 is 0.815 bits per heavy atom. The zero-order chi connectivity index (χ0) is 23.2. The van der Waals surface area contributed by atoms with Gasteiger partial charge in [0, 0.05) is 32.9 Å². The minimum atomic E-state index is -0.139. The molecule has 0 rings (SSSR count). The van der Waals surface area contributed by atoms with E-state index in [1.165, 1.54) is 34.8 Å². The number of Topliss-reactive ketones (excluding diaryl/α,β-unsaturated/α-hetero) is 4. The SMILES string of the molecule is CC(=O)C(C)(C)C.CC(C)=O.CCC(C)=O.CNC(C)=O.COCC(C)=O. The van der Waals surface area contributed by atoms with E-state index in [0.717, 1.165) is 0 Å². The summed E-state index contributed by atoms with van der Waals surface area (Å²) in [6, 6.07) is 0. The van der Waals surface area contributed by atoms with Crippen molar-refractivity contribution in [3.8, 4) is 0 Å². The second-order valence-corrected chi connectivity index (χ2v) is 6.71. The molecule has 0 aromatic heterocycles. The Hall–Kier alpha value is -1.89. The molecule has 0 aliphatic carbocycles. The first kappa shape index (κ1) is 36.1. The maximum Gasteiger partial charge on any atom is 0.216 e. The fraction of sp³-hybridized carbons (Fsp3) is 0.750. The summed E-state index contributed by atoms with van der Waals surface area (Å²) in [4.78, 5) is 49.3. The van der Waals surface area contributed by atoms with Gasteiger partial charge in [0.2, 0.25) is 5.91 Å². The molecule has 1 N–H and O–H groups in total. The molecule has 0 bridgehead atoms. The molecular formula is C20H41NO6. The molecular weight excluding hydrogens is 350 g/mol. The molecule has 7 nitrogen and oxygen atoms in total. The lowest BCUT2D eigenvalue weighted by Gasteiger charge is -2.11. The van der Waals surface area contributed by atoms with Gasteiger partial charge >= 0.3 is 0 Å². The van der Waals surface area contributed by atoms with Gasteiger partial charge in [-0.1, -0.05) is 27.7 Å². The molecule has 0 aromatic carbocycles. The summed E-state index contributed by atoms with van der Waals surface area (Å²) in [7, 11) is 3.10. The topological polar surface area (TPSA) is 107 Å². The van der Waals surface area contributed by atoms with Gasteiger partial charge in [0.15, 0.2) is 5.78 Å². The monoisotopic (exact) mass is 391 g/mol. The molecule has 1 amide bonds. The Labute approximate surface area is 165 Å². The van der Waals surface area contributed by atoms with Gasteiger partial charge in [0.1, 0.15) is 24.0 Å². The Morgan fingerprint density at radius 3 is 1.04 bits per heavy atom. The first-order valence-electron chi connectivity index (χ1n) is 8.63. The maximum absolute atomic E-state index is 10.5. The average molecular weight is 392 g/mol. The van der Waals surface area contributed by atoms with Crippen LogP contribution in [0, 0.1) is 5.41 Å². The Bertz CT molecular complexity index is 405. The van der Waals surface area contributed by atoms with Crippen LogP contribution in [0.1, 0.15) is 75.7 Å². The summed E-state index contributed by atoms with van der Waals surface area (Å²) in [6.07, 6.45) is 0.667. The number of rotatable bonds is 3. The van der Waals surface area contributed by atoms with Gasteiger partial charge in [-0.2, -0.15) is 0 Å². The van der Waals surface area contributed by atoms with Gasteiger partial charge in [0.05, 0.1) is 0 Å². The summed E-state index contributed by atoms with van der Waals surface area (Å²) < 4.78 is 4.45. The van der Waals surface area contributed by atoms with Crippen molar-refractivity contribution < 1.29 is 28.7 Å². The number of carbonyl (C=O) groups is 5. The Balaban J connectivity index is -0.0000000757. The van der Waals surface area contributed by atoms with Crippen LogP contribution in [0.2, 0.25) is 0 Å². The summed E-state index contributed by atoms with van der Waals surface area (Å²) in [5.74, 6) is 0.736. The Kier molecular flexibility index (Phi) is 32.2. The highest BCUT2D eigenvalue weighted by Crippen LogP contribution is 2.12. The van der Waals surface area contributed by atoms with Crippen molar-refractivity contribution in [1.82, 2.24) is 5.32 Å². The van der Waals surface area contributed by atoms with Crippen LogP contribution in [0.3, 0.4) is 0 Å². The highest BCUT2D eigenvalue weighted by atomic mass is 16.5. The number of ketones is 4. The standard InChI is InChI=1S/C6H12O.C4H8O2.C4H8O.C3H7NO.C3H6O/c1-5(7)6(2,3)4;1-4(5)3-6-2;1-3-4(2)5;1-3(5)4-2;1-3(2)4/h1-4H3;3H2,1-2H3;3H2,1-2H3;1-2H3,(H,4,5);1-2H3. The molecule has 0 aliphatic heterocycles. The predicted octanol–water partition coefficient (Wildman–Crippen LogP) is 3.18. The van der Waals surface area contributed by atoms with Crippen molar-refractivity contribution in [3.63, 3.8) is 0 Å². The summed E-state index contributed by atoms with van der Waals surface area (Å²) in [5, 5.41) is 2.39. The molecule has 0 atom stereocenters. The van der Waals surface area contributed by atoms with Crippen LogP contribution in [-0.4, -0.2) is 49.8 Å². The third kappa shape index (κ3) is 95.5. The maximum atomic E-state index is 10.5. The van der Waals surface area contributed by atoms with Gasteiger partial charge in [-0.25, -0.2) is 0 Å². The number of ether oxygens (including phenoxy) is 1. The van der Waals surface area contributed by atoms with E-state index in [4.69, 9.17) is 0 Å². The zero-order valence-electron chi connectivity index (χ0n) is 19.4. The van der Waals surface area contributed by atoms with Gasteiger partial charge in [-0.05, 0) is 34.6 Å². The van der Waals surface area contributed by atoms with E-state index in [-0.39, 0.29) is 41.1 Å². The zero-order valence-corrected chi connectivity index (χ0v) is 19.4. The highest BCUT2D eigenvalue weighted by molar-refractivity contribution is 5.80. The lowest BCUT2D eigenvalue weighted by atomic mass is 9.92. The fourth-order valence-corrected chi connectivity index (χ4v) is 0.203. The third-order valence-corrected chi connectivity index (χ3v) is 2.25. The number of hydrogen-bond donors (Lipinski definition) is 1. The smallest absolute Gasteiger partial charge is 0.216 e. The van der Waals surface area contributed by atoms with Crippen molar-refractivity contribution in [1.29, 1.82) is 0 Å². The van der Waals surface area contributed by atoms with E-state index in [2.05, 4.69) is 10.1 Å². The molecule has 0 aliphatic rings. The van der Waals surface area contributed by atoms with Crippen LogP contribution < -0.4 is 5.32 Å². The Morgan fingerprint density at radius 2 is 1.04 bits per heavy atom. The number of methoxy groups -OCH3 is 1. The van der Waals surface area contributed by atoms with Gasteiger partial charge < -0.3 is 19.6 Å². The molecule has 0 saturated heterocycles. The van der Waals surface area contributed by atoms with Gasteiger partial charge in [-0.15, -0.1) is 0 Å². The van der Waals surface area contributed by atoms with E-state index in [0.29, 0.717) is 6.42 Å². The molecule has 0 radical (unpaired) electrons. The molecule has 0 spiro atoms. The average Bonchev–Trinajstić information content (AvgIpc) is 2.47. The van der Waals surface area contributed by atoms with Gasteiger partial charge in [0.25, 0.3) is 0 Å². The van der Waals surface area contributed by atoms with Crippen LogP contribution in [0.5, 0.6) is 0 Å². The van der Waals surface area contributed by atoms with E-state index < -0.39 is 0 Å². The molecule has 162 valence electrons. The number of carbonyl (C=O) groups excluding carboxylic acids is 5. The number of nitrogens with one attached hydrogen (secondary N) is 1. The van der Waals surface area contributed by atoms with Crippen molar-refractivity contribution >= 4 is 29.0 Å². The van der Waals surface area contributed by atoms with E-state index in [9.17, 15) is 24.0 Å². The van der Waals surface area contributed by atoms with E-state index in [1.807, 2.05) is 27.7 Å². The van der Waals surface area contributed by atoms with Crippen LogP contribution in [0.4, 0.5) is 0 Å². The first-order valence-corrected chi connectivity index (χ1v) is 8.63. The number of hydrogen-bond acceptors (Lipinski definition) is 6. The van der Waals surface area contributed by atoms with Gasteiger partial charge in [-0.3, -0.25) is 14.4 Å². The highest BCUT2D eigenvalue weighted by Gasteiger charge is 2.14. The molecule has 0 fully saturated rings. The second kappa shape index (κ2) is 24.1. The lowest BCUT2D eigenvalue weighted by Crippen LogP contribution is -2.15. The van der Waals surface area contributed by atoms with Crippen molar-refractivity contribution in [2.75, 3.05) is 20.8 Å². The van der Waals surface area contributed by atoms with Crippen molar-refractivity contribution in [2.45, 2.75) is 75.7 Å². The third-order valence-electron chi connectivity index (χ3n) is 2.25. The summed E-state index contributed by atoms with van der Waals surface area (Å²) in [5.41, 5.74) is -0.139. The van der Waals surface area contributed by atoms with Crippen LogP contribution in [-0.2, 0) is 28.7 Å². The molecule has 0 heterocycles. The molecule has 0 saturated carbocycles. The largest absolute Gasteiger partial charge is 0.377 e. The van der Waals surface area contributed by atoms with Crippen molar-refractivity contribution in [2.24, 2.45) is 5.41 Å². The van der Waals surface area contributed by atoms with Crippen molar-refractivity contribution in [3.05, 3.63) is 0 Å². The lowest BCUT2D eigenvalue weighted by molar-refractivity contribution is -0.124. The normalized spacial score (nSPS) is 8.44. The molecule has 27 heavy (non-hydrogen) atoms. The minimum absolute atomic E-state index is 0.00463. The minimum Gasteiger partial charge on any atom is -0.377 e. The van der Waals surface area contributed by atoms with E-state index in [1.54, 1.807) is 20.9 Å². The molecule has 0 unspecified atom stereocenters.